The van der Waals surface area contributed by atoms with Gasteiger partial charge in [0.25, 0.3) is 0 Å². The molecule has 0 aliphatic heterocycles. The zero-order valence-corrected chi connectivity index (χ0v) is 11.0. The van der Waals surface area contributed by atoms with Crippen LogP contribution in [-0.2, 0) is 0 Å². The van der Waals surface area contributed by atoms with Crippen molar-refractivity contribution in [1.29, 1.82) is 0 Å². The number of hydrogen-bond acceptors (Lipinski definition) is 2. The Morgan fingerprint density at radius 1 is 1.11 bits per heavy atom. The van der Waals surface area contributed by atoms with Crippen LogP contribution in [0.2, 0.25) is 0 Å². The van der Waals surface area contributed by atoms with E-state index < -0.39 is 11.6 Å². The Kier molecular flexibility index (Phi) is 3.69. The molecule has 0 aromatic heterocycles. The van der Waals surface area contributed by atoms with Gasteiger partial charge in [-0.2, -0.15) is 0 Å². The number of nitrogens with two attached hydrogens (primary N) is 1. The number of rotatable bonds is 3. The van der Waals surface area contributed by atoms with Gasteiger partial charge in [-0.05, 0) is 32.0 Å². The normalized spacial score (nSPS) is 10.5. The minimum Gasteiger partial charge on any atom is -0.395 e. The molecule has 0 saturated carbocycles. The zero-order chi connectivity index (χ0) is 14.0. The summed E-state index contributed by atoms with van der Waals surface area (Å²) in [5.41, 5.74) is 8.00. The van der Waals surface area contributed by atoms with Gasteiger partial charge in [0.2, 0.25) is 0 Å². The molecule has 0 aliphatic carbocycles. The molecular formula is C15H16F2N2. The number of anilines is 3. The van der Waals surface area contributed by atoms with Crippen LogP contribution in [-0.4, -0.2) is 6.54 Å². The Balaban J connectivity index is 2.50. The van der Waals surface area contributed by atoms with Gasteiger partial charge < -0.3 is 10.6 Å². The van der Waals surface area contributed by atoms with Crippen LogP contribution in [0.5, 0.6) is 0 Å². The average Bonchev–Trinajstić information content (AvgIpc) is 2.38. The highest BCUT2D eigenvalue weighted by atomic mass is 19.1. The summed E-state index contributed by atoms with van der Waals surface area (Å²) in [5.74, 6) is -1.37. The minimum absolute atomic E-state index is 0.0381. The maximum atomic E-state index is 13.5. The van der Waals surface area contributed by atoms with E-state index in [0.29, 0.717) is 12.2 Å². The quantitative estimate of drug-likeness (QED) is 0.847. The van der Waals surface area contributed by atoms with E-state index in [1.807, 2.05) is 38.1 Å². The fourth-order valence-electron chi connectivity index (χ4n) is 2.01. The van der Waals surface area contributed by atoms with E-state index in [0.717, 1.165) is 17.3 Å². The van der Waals surface area contributed by atoms with Crippen molar-refractivity contribution in [3.8, 4) is 0 Å². The molecule has 2 nitrogen and oxygen atoms in total. The molecular weight excluding hydrogens is 246 g/mol. The molecule has 2 N–H and O–H groups in total. The van der Waals surface area contributed by atoms with Crippen LogP contribution in [0.3, 0.4) is 0 Å². The number of benzene rings is 2. The van der Waals surface area contributed by atoms with E-state index in [9.17, 15) is 8.78 Å². The van der Waals surface area contributed by atoms with Crippen LogP contribution in [0.1, 0.15) is 12.5 Å². The molecule has 0 aliphatic rings. The first kappa shape index (κ1) is 13.3. The zero-order valence-electron chi connectivity index (χ0n) is 11.0. The van der Waals surface area contributed by atoms with Crippen LogP contribution in [0, 0.1) is 18.6 Å². The molecule has 2 rings (SSSR count). The standard InChI is InChI=1S/C15H16F2N2/c1-3-19(12-6-4-10(2)5-7-12)14-9-11(16)8-13(17)15(14)18/h4-9H,3,18H2,1-2H3. The summed E-state index contributed by atoms with van der Waals surface area (Å²) >= 11 is 0. The highest BCUT2D eigenvalue weighted by molar-refractivity contribution is 5.75. The monoisotopic (exact) mass is 262 g/mol. The van der Waals surface area contributed by atoms with Crippen molar-refractivity contribution in [3.63, 3.8) is 0 Å². The third-order valence-electron chi connectivity index (χ3n) is 3.03. The Bertz CT molecular complexity index is 579. The Morgan fingerprint density at radius 2 is 1.74 bits per heavy atom. The largest absolute Gasteiger partial charge is 0.395 e. The summed E-state index contributed by atoms with van der Waals surface area (Å²) in [6.07, 6.45) is 0. The molecule has 0 amide bonds. The fourth-order valence-corrected chi connectivity index (χ4v) is 2.01. The lowest BCUT2D eigenvalue weighted by Crippen LogP contribution is -2.18. The van der Waals surface area contributed by atoms with E-state index in [2.05, 4.69) is 0 Å². The topological polar surface area (TPSA) is 29.3 Å². The van der Waals surface area contributed by atoms with Crippen LogP contribution < -0.4 is 10.6 Å². The highest BCUT2D eigenvalue weighted by Crippen LogP contribution is 2.32. The van der Waals surface area contributed by atoms with Crippen LogP contribution >= 0.6 is 0 Å². The third-order valence-corrected chi connectivity index (χ3v) is 3.03. The molecule has 0 heterocycles. The summed E-state index contributed by atoms with van der Waals surface area (Å²) in [6.45, 7) is 4.45. The smallest absolute Gasteiger partial charge is 0.151 e. The summed E-state index contributed by atoms with van der Waals surface area (Å²) in [7, 11) is 0. The Morgan fingerprint density at radius 3 is 2.32 bits per heavy atom. The number of halogens is 2. The van der Waals surface area contributed by atoms with Gasteiger partial charge >= 0.3 is 0 Å². The Hall–Kier alpha value is -2.10. The van der Waals surface area contributed by atoms with Crippen molar-refractivity contribution in [2.75, 3.05) is 17.2 Å². The van der Waals surface area contributed by atoms with E-state index in [-0.39, 0.29) is 5.69 Å². The highest BCUT2D eigenvalue weighted by Gasteiger charge is 2.15. The van der Waals surface area contributed by atoms with Gasteiger partial charge in [0.15, 0.2) is 5.82 Å². The molecule has 19 heavy (non-hydrogen) atoms. The van der Waals surface area contributed by atoms with Crippen LogP contribution in [0.4, 0.5) is 25.8 Å². The molecule has 0 unspecified atom stereocenters. The van der Waals surface area contributed by atoms with Crippen molar-refractivity contribution in [2.45, 2.75) is 13.8 Å². The summed E-state index contributed by atoms with van der Waals surface area (Å²) in [6, 6.07) is 9.75. The second kappa shape index (κ2) is 5.26. The lowest BCUT2D eigenvalue weighted by Gasteiger charge is -2.25. The van der Waals surface area contributed by atoms with Crippen LogP contribution in [0.25, 0.3) is 0 Å². The lowest BCUT2D eigenvalue weighted by molar-refractivity contribution is 0.586. The van der Waals surface area contributed by atoms with E-state index in [1.54, 1.807) is 4.90 Å². The molecule has 0 fully saturated rings. The average molecular weight is 262 g/mol. The molecule has 0 atom stereocenters. The van der Waals surface area contributed by atoms with Gasteiger partial charge in [0.1, 0.15) is 5.82 Å². The molecule has 2 aromatic rings. The molecule has 4 heteroatoms. The lowest BCUT2D eigenvalue weighted by atomic mass is 10.1. The SMILES string of the molecule is CCN(c1ccc(C)cc1)c1cc(F)cc(F)c1N. The van der Waals surface area contributed by atoms with Crippen molar-refractivity contribution in [3.05, 3.63) is 53.6 Å². The van der Waals surface area contributed by atoms with Gasteiger partial charge in [0.05, 0.1) is 11.4 Å². The number of nitrogens with zero attached hydrogens (tertiary/aromatic N) is 1. The van der Waals surface area contributed by atoms with Crippen molar-refractivity contribution in [1.82, 2.24) is 0 Å². The predicted octanol–water partition coefficient (Wildman–Crippen LogP) is 4.01. The van der Waals surface area contributed by atoms with Crippen molar-refractivity contribution < 1.29 is 8.78 Å². The number of nitrogen functional groups attached to an aromatic ring is 1. The molecule has 0 spiro atoms. The van der Waals surface area contributed by atoms with Gasteiger partial charge in [0, 0.05) is 18.3 Å². The predicted molar refractivity (Wildman–Crippen MR) is 74.6 cm³/mol. The number of aryl methyl sites for hydroxylation is 1. The van der Waals surface area contributed by atoms with E-state index in [1.165, 1.54) is 6.07 Å². The van der Waals surface area contributed by atoms with Gasteiger partial charge in [-0.3, -0.25) is 0 Å². The maximum absolute atomic E-state index is 13.5. The fraction of sp³-hybridized carbons (Fsp3) is 0.200. The van der Waals surface area contributed by atoms with Gasteiger partial charge in [-0.25, -0.2) is 8.78 Å². The summed E-state index contributed by atoms with van der Waals surface area (Å²) < 4.78 is 26.9. The van der Waals surface area contributed by atoms with E-state index in [4.69, 9.17) is 5.73 Å². The third kappa shape index (κ3) is 2.67. The van der Waals surface area contributed by atoms with Crippen molar-refractivity contribution in [2.24, 2.45) is 0 Å². The van der Waals surface area contributed by atoms with E-state index >= 15 is 0 Å². The number of hydrogen-bond donors (Lipinski definition) is 1. The maximum Gasteiger partial charge on any atom is 0.151 e. The first-order valence-electron chi connectivity index (χ1n) is 6.11. The van der Waals surface area contributed by atoms with Crippen LogP contribution in [0.15, 0.2) is 36.4 Å². The second-order valence-electron chi connectivity index (χ2n) is 4.40. The molecule has 0 bridgehead atoms. The summed E-state index contributed by atoms with van der Waals surface area (Å²) in [5, 5.41) is 0. The molecule has 0 radical (unpaired) electrons. The first-order valence-corrected chi connectivity index (χ1v) is 6.11. The minimum atomic E-state index is -0.736. The Labute approximate surface area is 111 Å². The molecule has 2 aromatic carbocycles. The van der Waals surface area contributed by atoms with Gasteiger partial charge in [-0.15, -0.1) is 0 Å². The van der Waals surface area contributed by atoms with Gasteiger partial charge in [-0.1, -0.05) is 17.7 Å². The summed E-state index contributed by atoms with van der Waals surface area (Å²) in [4.78, 5) is 1.78. The molecule has 0 saturated heterocycles. The molecule has 100 valence electrons. The van der Waals surface area contributed by atoms with Crippen molar-refractivity contribution >= 4 is 17.1 Å². The second-order valence-corrected chi connectivity index (χ2v) is 4.40. The first-order chi connectivity index (χ1) is 9.02.